The lowest BCUT2D eigenvalue weighted by atomic mass is 10.3. The summed E-state index contributed by atoms with van der Waals surface area (Å²) in [6.07, 6.45) is 0.798. The molecule has 0 saturated carbocycles. The fourth-order valence-electron chi connectivity index (χ4n) is 1.57. The molecule has 2 aromatic rings. The summed E-state index contributed by atoms with van der Waals surface area (Å²) in [5.74, 6) is 0.656. The van der Waals surface area contributed by atoms with E-state index in [0.29, 0.717) is 21.6 Å². The van der Waals surface area contributed by atoms with Crippen molar-refractivity contribution in [2.45, 2.75) is 19.6 Å². The van der Waals surface area contributed by atoms with Crippen molar-refractivity contribution in [3.05, 3.63) is 51.4 Å². The average molecular weight is 349 g/mol. The molecular formula is C14H12Cl3NO3. The molecule has 0 saturated heterocycles. The third-order valence-corrected chi connectivity index (χ3v) is 3.68. The third kappa shape index (κ3) is 4.30. The molecule has 21 heavy (non-hydrogen) atoms. The van der Waals surface area contributed by atoms with Crippen molar-refractivity contribution in [3.63, 3.8) is 0 Å². The minimum absolute atomic E-state index is 0.286. The van der Waals surface area contributed by atoms with Gasteiger partial charge in [0.15, 0.2) is 6.10 Å². The number of carbonyl (C=O) groups is 1. The Hall–Kier alpha value is -1.36. The SMILES string of the molecule is CC(Oc1cc(Cl)c(Cl)cc1Cl)C(=O)NCc1ccco1. The van der Waals surface area contributed by atoms with Crippen LogP contribution in [-0.2, 0) is 11.3 Å². The van der Waals surface area contributed by atoms with Gasteiger partial charge >= 0.3 is 0 Å². The van der Waals surface area contributed by atoms with Gasteiger partial charge in [0, 0.05) is 6.07 Å². The first-order valence-electron chi connectivity index (χ1n) is 6.08. The predicted molar refractivity (Wildman–Crippen MR) is 82.1 cm³/mol. The van der Waals surface area contributed by atoms with Crippen LogP contribution >= 0.6 is 34.8 Å². The Bertz CT molecular complexity index is 629. The van der Waals surface area contributed by atoms with E-state index < -0.39 is 6.10 Å². The normalized spacial score (nSPS) is 12.0. The van der Waals surface area contributed by atoms with Crippen molar-refractivity contribution in [1.82, 2.24) is 5.32 Å². The maximum atomic E-state index is 11.9. The molecule has 7 heteroatoms. The number of ether oxygens (including phenoxy) is 1. The number of benzene rings is 1. The van der Waals surface area contributed by atoms with Gasteiger partial charge in [-0.1, -0.05) is 34.8 Å². The zero-order valence-electron chi connectivity index (χ0n) is 11.0. The van der Waals surface area contributed by atoms with E-state index in [1.165, 1.54) is 18.4 Å². The topological polar surface area (TPSA) is 51.5 Å². The molecule has 0 fully saturated rings. The summed E-state index contributed by atoms with van der Waals surface area (Å²) in [7, 11) is 0. The van der Waals surface area contributed by atoms with Gasteiger partial charge in [0.05, 0.1) is 27.9 Å². The highest BCUT2D eigenvalue weighted by molar-refractivity contribution is 6.43. The largest absolute Gasteiger partial charge is 0.479 e. The molecule has 4 nitrogen and oxygen atoms in total. The van der Waals surface area contributed by atoms with Gasteiger partial charge in [-0.3, -0.25) is 4.79 Å². The summed E-state index contributed by atoms with van der Waals surface area (Å²) in [6.45, 7) is 1.89. The Labute approximate surface area is 136 Å². The van der Waals surface area contributed by atoms with Crippen molar-refractivity contribution in [1.29, 1.82) is 0 Å². The van der Waals surface area contributed by atoms with Crippen LogP contribution in [0.1, 0.15) is 12.7 Å². The van der Waals surface area contributed by atoms with Crippen molar-refractivity contribution >= 4 is 40.7 Å². The lowest BCUT2D eigenvalue weighted by Gasteiger charge is -2.15. The highest BCUT2D eigenvalue weighted by atomic mass is 35.5. The smallest absolute Gasteiger partial charge is 0.261 e. The molecule has 0 spiro atoms. The predicted octanol–water partition coefficient (Wildman–Crippen LogP) is 4.32. The highest BCUT2D eigenvalue weighted by Crippen LogP contribution is 2.34. The van der Waals surface area contributed by atoms with E-state index in [1.54, 1.807) is 19.1 Å². The molecule has 1 heterocycles. The maximum absolute atomic E-state index is 11.9. The fraction of sp³-hybridized carbons (Fsp3) is 0.214. The Morgan fingerprint density at radius 2 is 2.00 bits per heavy atom. The van der Waals surface area contributed by atoms with E-state index in [-0.39, 0.29) is 17.5 Å². The molecule has 0 aliphatic carbocycles. The molecule has 0 aliphatic heterocycles. The van der Waals surface area contributed by atoms with Gasteiger partial charge in [-0.15, -0.1) is 0 Å². The number of furan rings is 1. The van der Waals surface area contributed by atoms with E-state index in [9.17, 15) is 4.79 Å². The second-order valence-electron chi connectivity index (χ2n) is 4.25. The number of hydrogen-bond donors (Lipinski definition) is 1. The minimum Gasteiger partial charge on any atom is -0.479 e. The summed E-state index contributed by atoms with van der Waals surface area (Å²) < 4.78 is 10.6. The molecule has 0 aliphatic rings. The molecule has 0 bridgehead atoms. The van der Waals surface area contributed by atoms with E-state index >= 15 is 0 Å². The van der Waals surface area contributed by atoms with Crippen molar-refractivity contribution in [3.8, 4) is 5.75 Å². The van der Waals surface area contributed by atoms with Crippen LogP contribution in [0, 0.1) is 0 Å². The summed E-state index contributed by atoms with van der Waals surface area (Å²) in [6, 6.07) is 6.45. The first-order valence-corrected chi connectivity index (χ1v) is 7.22. The second kappa shape index (κ2) is 7.07. The molecule has 2 rings (SSSR count). The van der Waals surface area contributed by atoms with Crippen molar-refractivity contribution in [2.24, 2.45) is 0 Å². The van der Waals surface area contributed by atoms with Gasteiger partial charge in [-0.05, 0) is 25.1 Å². The van der Waals surface area contributed by atoms with E-state index in [1.807, 2.05) is 0 Å². The van der Waals surface area contributed by atoms with Gasteiger partial charge in [0.1, 0.15) is 11.5 Å². The zero-order chi connectivity index (χ0) is 15.4. The molecule has 1 N–H and O–H groups in total. The monoisotopic (exact) mass is 347 g/mol. The van der Waals surface area contributed by atoms with Gasteiger partial charge in [-0.25, -0.2) is 0 Å². The molecule has 1 atom stereocenters. The standard InChI is InChI=1S/C14H12Cl3NO3/c1-8(14(19)18-7-9-3-2-4-20-9)21-13-6-11(16)10(15)5-12(13)17/h2-6,8H,7H2,1H3,(H,18,19). The summed E-state index contributed by atoms with van der Waals surface area (Å²) in [5, 5.41) is 3.61. The van der Waals surface area contributed by atoms with Crippen LogP contribution in [0.15, 0.2) is 34.9 Å². The van der Waals surface area contributed by atoms with Crippen LogP contribution in [0.4, 0.5) is 0 Å². The zero-order valence-corrected chi connectivity index (χ0v) is 13.3. The van der Waals surface area contributed by atoms with Gasteiger partial charge in [0.2, 0.25) is 0 Å². The Balaban J connectivity index is 1.95. The van der Waals surface area contributed by atoms with Gasteiger partial charge < -0.3 is 14.5 Å². The summed E-state index contributed by atoms with van der Waals surface area (Å²) in [5.41, 5.74) is 0. The Morgan fingerprint density at radius 1 is 1.29 bits per heavy atom. The molecule has 1 amide bonds. The summed E-state index contributed by atoms with van der Waals surface area (Å²) >= 11 is 17.7. The van der Waals surface area contributed by atoms with Crippen LogP contribution < -0.4 is 10.1 Å². The van der Waals surface area contributed by atoms with Crippen LogP contribution in [-0.4, -0.2) is 12.0 Å². The number of rotatable bonds is 5. The first-order chi connectivity index (χ1) is 9.97. The van der Waals surface area contributed by atoms with Crippen LogP contribution in [0.3, 0.4) is 0 Å². The first kappa shape index (κ1) is 16.0. The van der Waals surface area contributed by atoms with E-state index in [4.69, 9.17) is 44.0 Å². The molecule has 1 unspecified atom stereocenters. The second-order valence-corrected chi connectivity index (χ2v) is 5.48. The molecule has 1 aromatic heterocycles. The Morgan fingerprint density at radius 3 is 2.67 bits per heavy atom. The summed E-state index contributed by atoms with van der Waals surface area (Å²) in [4.78, 5) is 11.9. The number of hydrogen-bond acceptors (Lipinski definition) is 3. The minimum atomic E-state index is -0.741. The fourth-order valence-corrected chi connectivity index (χ4v) is 2.15. The van der Waals surface area contributed by atoms with Crippen LogP contribution in [0.2, 0.25) is 15.1 Å². The van der Waals surface area contributed by atoms with Crippen molar-refractivity contribution in [2.75, 3.05) is 0 Å². The highest BCUT2D eigenvalue weighted by Gasteiger charge is 2.17. The van der Waals surface area contributed by atoms with Gasteiger partial charge in [0.25, 0.3) is 5.91 Å². The lowest BCUT2D eigenvalue weighted by molar-refractivity contribution is -0.127. The average Bonchev–Trinajstić information content (AvgIpc) is 2.95. The third-order valence-electron chi connectivity index (χ3n) is 2.66. The quantitative estimate of drug-likeness (QED) is 0.819. The van der Waals surface area contributed by atoms with E-state index in [2.05, 4.69) is 5.32 Å². The van der Waals surface area contributed by atoms with Crippen LogP contribution in [0.5, 0.6) is 5.75 Å². The molecule has 1 aromatic carbocycles. The number of halogens is 3. The Kier molecular flexibility index (Phi) is 5.39. The molecule has 112 valence electrons. The molecule has 0 radical (unpaired) electrons. The van der Waals surface area contributed by atoms with E-state index in [0.717, 1.165) is 0 Å². The maximum Gasteiger partial charge on any atom is 0.261 e. The number of nitrogens with one attached hydrogen (secondary N) is 1. The van der Waals surface area contributed by atoms with Crippen LogP contribution in [0.25, 0.3) is 0 Å². The van der Waals surface area contributed by atoms with Gasteiger partial charge in [-0.2, -0.15) is 0 Å². The molecular weight excluding hydrogens is 337 g/mol. The number of amides is 1. The number of carbonyl (C=O) groups excluding carboxylic acids is 1. The lowest BCUT2D eigenvalue weighted by Crippen LogP contribution is -2.35. The van der Waals surface area contributed by atoms with Crippen molar-refractivity contribution < 1.29 is 13.9 Å².